The predicted molar refractivity (Wildman–Crippen MR) is 127 cm³/mol. The number of anilines is 1. The van der Waals surface area contributed by atoms with Gasteiger partial charge in [-0.15, -0.1) is 0 Å². The highest BCUT2D eigenvalue weighted by atomic mass is 79.9. The lowest BCUT2D eigenvalue weighted by molar-refractivity contribution is -0.127. The van der Waals surface area contributed by atoms with Gasteiger partial charge in [-0.2, -0.15) is 0 Å². The molecule has 2 aromatic carbocycles. The minimum Gasteiger partial charge on any atom is -0.492 e. The number of nitrogens with one attached hydrogen (secondary N) is 1. The number of ether oxygens (including phenoxy) is 1. The van der Waals surface area contributed by atoms with Gasteiger partial charge in [0.1, 0.15) is 12.3 Å². The van der Waals surface area contributed by atoms with E-state index in [1.54, 1.807) is 6.08 Å². The van der Waals surface area contributed by atoms with Crippen LogP contribution in [-0.4, -0.2) is 35.1 Å². The van der Waals surface area contributed by atoms with Crippen LogP contribution < -0.4 is 10.1 Å². The summed E-state index contributed by atoms with van der Waals surface area (Å²) < 4.78 is 6.39. The van der Waals surface area contributed by atoms with Gasteiger partial charge in [-0.25, -0.2) is 0 Å². The maximum atomic E-state index is 12.7. The summed E-state index contributed by atoms with van der Waals surface area (Å²) in [6, 6.07) is 11.1. The van der Waals surface area contributed by atoms with Crippen LogP contribution in [0.15, 0.2) is 45.8 Å². The van der Waals surface area contributed by atoms with Gasteiger partial charge in [0, 0.05) is 5.69 Å². The van der Waals surface area contributed by atoms with E-state index < -0.39 is 17.1 Å². The summed E-state index contributed by atoms with van der Waals surface area (Å²) in [6.45, 7) is 6.18. The molecule has 0 spiro atoms. The van der Waals surface area contributed by atoms with Crippen LogP contribution >= 0.6 is 27.7 Å². The van der Waals surface area contributed by atoms with Gasteiger partial charge in [0.2, 0.25) is 5.91 Å². The first kappa shape index (κ1) is 23.1. The van der Waals surface area contributed by atoms with Crippen molar-refractivity contribution in [1.29, 1.82) is 0 Å². The molecule has 1 heterocycles. The van der Waals surface area contributed by atoms with Crippen LogP contribution in [-0.2, 0) is 9.59 Å². The third-order valence-corrected chi connectivity index (χ3v) is 5.92. The van der Waals surface area contributed by atoms with E-state index in [9.17, 15) is 14.4 Å². The molecule has 1 aliphatic rings. The van der Waals surface area contributed by atoms with E-state index in [2.05, 4.69) is 21.2 Å². The van der Waals surface area contributed by atoms with Crippen LogP contribution in [0.4, 0.5) is 10.5 Å². The van der Waals surface area contributed by atoms with Gasteiger partial charge in [0.05, 0.1) is 16.0 Å². The molecule has 2 aromatic rings. The smallest absolute Gasteiger partial charge is 0.294 e. The van der Waals surface area contributed by atoms with Crippen molar-refractivity contribution < 1.29 is 19.1 Å². The Balaban J connectivity index is 1.68. The lowest BCUT2D eigenvalue weighted by Crippen LogP contribution is -2.36. The Morgan fingerprint density at radius 3 is 2.52 bits per heavy atom. The molecule has 1 saturated heterocycles. The van der Waals surface area contributed by atoms with Crippen LogP contribution in [0.5, 0.6) is 5.75 Å². The Morgan fingerprint density at radius 2 is 1.87 bits per heavy atom. The van der Waals surface area contributed by atoms with E-state index in [0.29, 0.717) is 12.3 Å². The SMILES string of the molecule is CCCOc1ccc(/C=C2\SC(=O)N(CC(=O)Nc3cc(C)cc(C)c3)C2=O)cc1Br. The fourth-order valence-electron chi connectivity index (χ4n) is 3.11. The van der Waals surface area contributed by atoms with E-state index in [-0.39, 0.29) is 11.4 Å². The van der Waals surface area contributed by atoms with Gasteiger partial charge >= 0.3 is 0 Å². The van der Waals surface area contributed by atoms with Crippen LogP contribution in [0.3, 0.4) is 0 Å². The van der Waals surface area contributed by atoms with Crippen molar-refractivity contribution in [2.24, 2.45) is 0 Å². The molecule has 162 valence electrons. The number of imide groups is 1. The monoisotopic (exact) mass is 502 g/mol. The number of amides is 3. The average molecular weight is 503 g/mol. The van der Waals surface area contributed by atoms with Gasteiger partial charge in [0.15, 0.2) is 0 Å². The number of rotatable bonds is 7. The van der Waals surface area contributed by atoms with E-state index in [4.69, 9.17) is 4.74 Å². The van der Waals surface area contributed by atoms with Crippen LogP contribution in [0, 0.1) is 13.8 Å². The molecule has 0 aliphatic carbocycles. The van der Waals surface area contributed by atoms with Crippen molar-refractivity contribution in [2.45, 2.75) is 27.2 Å². The highest BCUT2D eigenvalue weighted by Crippen LogP contribution is 2.34. The first-order valence-electron chi connectivity index (χ1n) is 9.82. The normalized spacial score (nSPS) is 15.0. The Morgan fingerprint density at radius 1 is 1.16 bits per heavy atom. The molecule has 8 heteroatoms. The zero-order chi connectivity index (χ0) is 22.5. The Bertz CT molecular complexity index is 1050. The van der Waals surface area contributed by atoms with E-state index in [1.165, 1.54) is 0 Å². The average Bonchev–Trinajstić information content (AvgIpc) is 2.94. The molecular formula is C23H23BrN2O4S. The zero-order valence-electron chi connectivity index (χ0n) is 17.5. The summed E-state index contributed by atoms with van der Waals surface area (Å²) in [5.41, 5.74) is 3.42. The number of nitrogens with zero attached hydrogens (tertiary/aromatic N) is 1. The summed E-state index contributed by atoms with van der Waals surface area (Å²) in [5.74, 6) is -0.183. The molecule has 1 aliphatic heterocycles. The van der Waals surface area contributed by atoms with Gasteiger partial charge in [-0.05, 0) is 95.0 Å². The zero-order valence-corrected chi connectivity index (χ0v) is 19.9. The van der Waals surface area contributed by atoms with Gasteiger partial charge in [-0.3, -0.25) is 19.3 Å². The van der Waals surface area contributed by atoms with E-state index in [1.807, 2.05) is 57.2 Å². The highest BCUT2D eigenvalue weighted by molar-refractivity contribution is 9.10. The second-order valence-corrected chi connectivity index (χ2v) is 9.08. The molecule has 0 radical (unpaired) electrons. The van der Waals surface area contributed by atoms with Crippen molar-refractivity contribution in [1.82, 2.24) is 4.90 Å². The van der Waals surface area contributed by atoms with Crippen molar-refractivity contribution in [3.63, 3.8) is 0 Å². The number of hydrogen-bond donors (Lipinski definition) is 1. The van der Waals surface area contributed by atoms with Gasteiger partial charge in [-0.1, -0.05) is 19.1 Å². The summed E-state index contributed by atoms with van der Waals surface area (Å²) >= 11 is 4.29. The van der Waals surface area contributed by atoms with Crippen molar-refractivity contribution in [3.05, 3.63) is 62.5 Å². The van der Waals surface area contributed by atoms with Crippen LogP contribution in [0.1, 0.15) is 30.0 Å². The van der Waals surface area contributed by atoms with Crippen LogP contribution in [0.25, 0.3) is 6.08 Å². The topological polar surface area (TPSA) is 75.7 Å². The fourth-order valence-corrected chi connectivity index (χ4v) is 4.46. The third-order valence-electron chi connectivity index (χ3n) is 4.40. The second-order valence-electron chi connectivity index (χ2n) is 7.23. The van der Waals surface area contributed by atoms with Gasteiger partial charge < -0.3 is 10.1 Å². The van der Waals surface area contributed by atoms with Gasteiger partial charge in [0.25, 0.3) is 11.1 Å². The molecule has 31 heavy (non-hydrogen) atoms. The predicted octanol–water partition coefficient (Wildman–Crippen LogP) is 5.53. The maximum Gasteiger partial charge on any atom is 0.294 e. The Hall–Kier alpha value is -2.58. The molecule has 0 bridgehead atoms. The minimum atomic E-state index is -0.479. The summed E-state index contributed by atoms with van der Waals surface area (Å²) in [6.07, 6.45) is 2.54. The minimum absolute atomic E-state index is 0.276. The first-order valence-corrected chi connectivity index (χ1v) is 11.4. The molecule has 0 aromatic heterocycles. The molecule has 6 nitrogen and oxygen atoms in total. The number of carbonyl (C=O) groups excluding carboxylic acids is 3. The lowest BCUT2D eigenvalue weighted by atomic mass is 10.1. The number of halogens is 1. The van der Waals surface area contributed by atoms with Crippen molar-refractivity contribution in [2.75, 3.05) is 18.5 Å². The summed E-state index contributed by atoms with van der Waals surface area (Å²) in [5, 5.41) is 2.29. The number of thioether (sulfide) groups is 1. The highest BCUT2D eigenvalue weighted by Gasteiger charge is 2.36. The molecule has 0 atom stereocenters. The number of hydrogen-bond acceptors (Lipinski definition) is 5. The molecule has 1 fully saturated rings. The molecule has 3 amide bonds. The molecule has 0 saturated carbocycles. The summed E-state index contributed by atoms with van der Waals surface area (Å²) in [4.78, 5) is 38.7. The van der Waals surface area contributed by atoms with E-state index >= 15 is 0 Å². The van der Waals surface area contributed by atoms with Crippen molar-refractivity contribution in [3.8, 4) is 5.75 Å². The largest absolute Gasteiger partial charge is 0.492 e. The molecule has 1 N–H and O–H groups in total. The van der Waals surface area contributed by atoms with Crippen molar-refractivity contribution >= 4 is 56.5 Å². The first-order chi connectivity index (χ1) is 14.8. The quantitative estimate of drug-likeness (QED) is 0.503. The molecular weight excluding hydrogens is 480 g/mol. The fraction of sp³-hybridized carbons (Fsp3) is 0.261. The van der Waals surface area contributed by atoms with Crippen LogP contribution in [0.2, 0.25) is 0 Å². The maximum absolute atomic E-state index is 12.7. The number of aryl methyl sites for hydroxylation is 2. The van der Waals surface area contributed by atoms with E-state index in [0.717, 1.165) is 50.0 Å². The third kappa shape index (κ3) is 5.98. The standard InChI is InChI=1S/C23H23BrN2O4S/c1-4-7-30-19-6-5-16(11-18(19)24)12-20-22(28)26(23(29)31-20)13-21(27)25-17-9-14(2)8-15(3)10-17/h5-6,8-12H,4,7,13H2,1-3H3,(H,25,27)/b20-12-. The number of carbonyl (C=O) groups is 3. The summed E-state index contributed by atoms with van der Waals surface area (Å²) in [7, 11) is 0. The molecule has 3 rings (SSSR count). The second kappa shape index (κ2) is 10.2. The Labute approximate surface area is 194 Å². The Kier molecular flexibility index (Phi) is 7.56. The molecule has 0 unspecified atom stereocenters. The lowest BCUT2D eigenvalue weighted by Gasteiger charge is -2.13. The number of benzene rings is 2.